The van der Waals surface area contributed by atoms with E-state index in [1.54, 1.807) is 6.92 Å². The molecule has 0 aliphatic heterocycles. The molecule has 0 radical (unpaired) electrons. The third kappa shape index (κ3) is 4.98. The molecule has 3 nitrogen and oxygen atoms in total. The van der Waals surface area contributed by atoms with E-state index in [0.29, 0.717) is 17.7 Å². The molecule has 1 aliphatic carbocycles. The maximum absolute atomic E-state index is 11.3. The Kier molecular flexibility index (Phi) is 5.06. The average molecular weight is 233 g/mol. The molecule has 0 amide bonds. The molecule has 0 saturated heterocycles. The summed E-state index contributed by atoms with van der Waals surface area (Å²) in [6, 6.07) is 0.704. The van der Waals surface area contributed by atoms with Crippen molar-refractivity contribution in [2.24, 2.45) is 5.92 Å². The highest BCUT2D eigenvalue weighted by atomic mass is 32.2. The molecule has 0 bridgehead atoms. The number of rotatable bonds is 7. The van der Waals surface area contributed by atoms with Crippen LogP contribution in [0.25, 0.3) is 0 Å². The van der Waals surface area contributed by atoms with E-state index in [1.807, 2.05) is 0 Å². The van der Waals surface area contributed by atoms with Gasteiger partial charge in [-0.15, -0.1) is 0 Å². The van der Waals surface area contributed by atoms with Crippen molar-refractivity contribution in [3.8, 4) is 0 Å². The predicted octanol–water partition coefficient (Wildman–Crippen LogP) is 1.59. The van der Waals surface area contributed by atoms with E-state index < -0.39 is 9.84 Å². The van der Waals surface area contributed by atoms with Gasteiger partial charge in [-0.2, -0.15) is 0 Å². The van der Waals surface area contributed by atoms with Crippen molar-refractivity contribution in [3.63, 3.8) is 0 Å². The molecule has 1 unspecified atom stereocenters. The fraction of sp³-hybridized carbons (Fsp3) is 1.00. The number of sulfone groups is 1. The highest BCUT2D eigenvalue weighted by molar-refractivity contribution is 7.91. The van der Waals surface area contributed by atoms with Crippen LogP contribution in [-0.4, -0.2) is 32.5 Å². The summed E-state index contributed by atoms with van der Waals surface area (Å²) in [5.74, 6) is 1.08. The van der Waals surface area contributed by atoms with Gasteiger partial charge in [-0.25, -0.2) is 8.42 Å². The summed E-state index contributed by atoms with van der Waals surface area (Å²) in [6.45, 7) is 4.80. The molecule has 1 atom stereocenters. The lowest BCUT2D eigenvalue weighted by atomic mass is 9.92. The molecule has 0 aromatic rings. The van der Waals surface area contributed by atoms with Crippen LogP contribution in [0.4, 0.5) is 0 Å². The Bertz CT molecular complexity index is 270. The van der Waals surface area contributed by atoms with Crippen molar-refractivity contribution in [3.05, 3.63) is 0 Å². The van der Waals surface area contributed by atoms with Gasteiger partial charge in [0.25, 0.3) is 0 Å². The Balaban J connectivity index is 2.09. The number of nitrogens with one attached hydrogen (secondary N) is 1. The van der Waals surface area contributed by atoms with Crippen molar-refractivity contribution in [2.45, 2.75) is 45.6 Å². The lowest BCUT2D eigenvalue weighted by molar-refractivity contribution is 0.319. The van der Waals surface area contributed by atoms with Crippen LogP contribution in [-0.2, 0) is 9.84 Å². The van der Waals surface area contributed by atoms with E-state index >= 15 is 0 Å². The van der Waals surface area contributed by atoms with E-state index in [0.717, 1.165) is 13.0 Å². The van der Waals surface area contributed by atoms with Crippen LogP contribution in [0, 0.1) is 5.92 Å². The Morgan fingerprint density at radius 3 is 2.53 bits per heavy atom. The van der Waals surface area contributed by atoms with Gasteiger partial charge in [-0.1, -0.05) is 20.3 Å². The van der Waals surface area contributed by atoms with Crippen LogP contribution in [0.2, 0.25) is 0 Å². The van der Waals surface area contributed by atoms with Crippen LogP contribution in [0.5, 0.6) is 0 Å². The van der Waals surface area contributed by atoms with Crippen LogP contribution in [0.15, 0.2) is 0 Å². The van der Waals surface area contributed by atoms with Gasteiger partial charge in [-0.05, 0) is 31.7 Å². The summed E-state index contributed by atoms with van der Waals surface area (Å²) in [5, 5.41) is 3.48. The largest absolute Gasteiger partial charge is 0.314 e. The van der Waals surface area contributed by atoms with Crippen molar-refractivity contribution >= 4 is 9.84 Å². The van der Waals surface area contributed by atoms with E-state index in [-0.39, 0.29) is 5.75 Å². The van der Waals surface area contributed by atoms with Gasteiger partial charge in [0.2, 0.25) is 0 Å². The zero-order valence-corrected chi connectivity index (χ0v) is 10.6. The molecule has 1 aliphatic rings. The Hall–Kier alpha value is -0.0900. The highest BCUT2D eigenvalue weighted by Gasteiger charge is 2.17. The fourth-order valence-electron chi connectivity index (χ4n) is 1.61. The van der Waals surface area contributed by atoms with E-state index in [9.17, 15) is 8.42 Å². The topological polar surface area (TPSA) is 46.2 Å². The van der Waals surface area contributed by atoms with Crippen molar-refractivity contribution in [1.29, 1.82) is 0 Å². The monoisotopic (exact) mass is 233 g/mol. The normalized spacial score (nSPS) is 19.9. The van der Waals surface area contributed by atoms with Crippen molar-refractivity contribution < 1.29 is 8.42 Å². The molecular weight excluding hydrogens is 210 g/mol. The van der Waals surface area contributed by atoms with Gasteiger partial charge < -0.3 is 5.32 Å². The van der Waals surface area contributed by atoms with Crippen molar-refractivity contribution in [2.75, 3.05) is 18.1 Å². The van der Waals surface area contributed by atoms with Crippen LogP contribution in [0.3, 0.4) is 0 Å². The summed E-state index contributed by atoms with van der Waals surface area (Å²) in [6.07, 6.45) is 4.71. The van der Waals surface area contributed by atoms with Gasteiger partial charge in [0.05, 0.1) is 5.75 Å². The molecule has 1 N–H and O–H groups in total. The molecule has 15 heavy (non-hydrogen) atoms. The summed E-state index contributed by atoms with van der Waals surface area (Å²) < 4.78 is 22.6. The maximum Gasteiger partial charge on any atom is 0.150 e. The smallest absolute Gasteiger partial charge is 0.150 e. The third-order valence-corrected chi connectivity index (χ3v) is 4.96. The molecule has 0 heterocycles. The van der Waals surface area contributed by atoms with Gasteiger partial charge >= 0.3 is 0 Å². The molecule has 0 aromatic carbocycles. The first-order valence-electron chi connectivity index (χ1n) is 5.97. The van der Waals surface area contributed by atoms with Gasteiger partial charge in [0.15, 0.2) is 0 Å². The zero-order valence-electron chi connectivity index (χ0n) is 9.83. The minimum Gasteiger partial charge on any atom is -0.314 e. The van der Waals surface area contributed by atoms with Gasteiger partial charge in [0.1, 0.15) is 9.84 Å². The lowest BCUT2D eigenvalue weighted by Gasteiger charge is -2.28. The molecular formula is C11H23NO2S. The quantitative estimate of drug-likeness (QED) is 0.726. The van der Waals surface area contributed by atoms with E-state index in [4.69, 9.17) is 0 Å². The zero-order chi connectivity index (χ0) is 11.3. The third-order valence-electron chi connectivity index (χ3n) is 3.22. The number of hydrogen-bond donors (Lipinski definition) is 1. The lowest BCUT2D eigenvalue weighted by Crippen LogP contribution is -2.37. The van der Waals surface area contributed by atoms with Crippen LogP contribution in [0.1, 0.15) is 39.5 Å². The molecule has 0 aromatic heterocycles. The second-order valence-corrected chi connectivity index (χ2v) is 7.14. The first-order valence-corrected chi connectivity index (χ1v) is 7.79. The standard InChI is InChI=1S/C11H23NO2S/c1-3-15(13,14)8-7-10(2)9-12-11-5-4-6-11/h10-12H,3-9H2,1-2H3. The second-order valence-electron chi connectivity index (χ2n) is 4.67. The van der Waals surface area contributed by atoms with Gasteiger partial charge in [-0.3, -0.25) is 0 Å². The SMILES string of the molecule is CCS(=O)(=O)CCC(C)CNC1CCC1. The molecule has 1 rings (SSSR count). The summed E-state index contributed by atoms with van der Waals surface area (Å²) in [4.78, 5) is 0. The first-order chi connectivity index (χ1) is 7.03. The van der Waals surface area contributed by atoms with Gasteiger partial charge in [0, 0.05) is 11.8 Å². The fourth-order valence-corrected chi connectivity index (χ4v) is 2.66. The van der Waals surface area contributed by atoms with Crippen molar-refractivity contribution in [1.82, 2.24) is 5.32 Å². The maximum atomic E-state index is 11.3. The summed E-state index contributed by atoms with van der Waals surface area (Å²) in [5.41, 5.74) is 0. The molecule has 0 spiro atoms. The molecule has 1 saturated carbocycles. The second kappa shape index (κ2) is 5.85. The van der Waals surface area contributed by atoms with E-state index in [2.05, 4.69) is 12.2 Å². The number of hydrogen-bond acceptors (Lipinski definition) is 3. The molecule has 4 heteroatoms. The van der Waals surface area contributed by atoms with Crippen LogP contribution >= 0.6 is 0 Å². The highest BCUT2D eigenvalue weighted by Crippen LogP contribution is 2.18. The van der Waals surface area contributed by atoms with Crippen LogP contribution < -0.4 is 5.32 Å². The Labute approximate surface area is 93.6 Å². The minimum absolute atomic E-state index is 0.274. The predicted molar refractivity (Wildman–Crippen MR) is 63.8 cm³/mol. The summed E-state index contributed by atoms with van der Waals surface area (Å²) >= 11 is 0. The first kappa shape index (κ1) is 13.0. The Morgan fingerprint density at radius 1 is 1.40 bits per heavy atom. The Morgan fingerprint density at radius 2 is 2.07 bits per heavy atom. The summed E-state index contributed by atoms with van der Waals surface area (Å²) in [7, 11) is -2.77. The average Bonchev–Trinajstić information content (AvgIpc) is 2.13. The molecule has 90 valence electrons. The van der Waals surface area contributed by atoms with E-state index in [1.165, 1.54) is 19.3 Å². The minimum atomic E-state index is -2.77. The molecule has 1 fully saturated rings.